The van der Waals surface area contributed by atoms with Crippen LogP contribution >= 0.6 is 12.4 Å². The summed E-state index contributed by atoms with van der Waals surface area (Å²) in [6.07, 6.45) is 0. The summed E-state index contributed by atoms with van der Waals surface area (Å²) < 4.78 is 5.96. The van der Waals surface area contributed by atoms with Crippen molar-refractivity contribution in [3.63, 3.8) is 0 Å². The minimum absolute atomic E-state index is 0. The first kappa shape index (κ1) is 16.3. The standard InChI is InChI=1S/C15H24N2O.ClH/c1-12-5-4-6-13(2)15(12)18-10-9-17-8-7-16-11-14(17)3;/h4-6,14,16H,7-11H2,1-3H3;1H/t14-;/m1./s1. The molecule has 0 unspecified atom stereocenters. The zero-order valence-electron chi connectivity index (χ0n) is 12.1. The van der Waals surface area contributed by atoms with Gasteiger partial charge in [0.1, 0.15) is 12.4 Å². The normalized spacial score (nSPS) is 19.8. The molecule has 1 aliphatic heterocycles. The van der Waals surface area contributed by atoms with Crippen molar-refractivity contribution in [2.45, 2.75) is 26.8 Å². The summed E-state index contributed by atoms with van der Waals surface area (Å²) in [5.41, 5.74) is 2.45. The second-order valence-corrected chi connectivity index (χ2v) is 5.16. The highest BCUT2D eigenvalue weighted by Crippen LogP contribution is 2.22. The Bertz CT molecular complexity index is 377. The molecule has 108 valence electrons. The van der Waals surface area contributed by atoms with Crippen molar-refractivity contribution in [2.24, 2.45) is 0 Å². The molecule has 0 aliphatic carbocycles. The van der Waals surface area contributed by atoms with Gasteiger partial charge in [0.05, 0.1) is 0 Å². The molecular formula is C15H25ClN2O. The van der Waals surface area contributed by atoms with E-state index in [1.54, 1.807) is 0 Å². The highest BCUT2D eigenvalue weighted by Gasteiger charge is 2.17. The Morgan fingerprint density at radius 3 is 2.63 bits per heavy atom. The third-order valence-electron chi connectivity index (χ3n) is 3.67. The van der Waals surface area contributed by atoms with Crippen LogP contribution in [-0.4, -0.2) is 43.7 Å². The lowest BCUT2D eigenvalue weighted by Crippen LogP contribution is -2.50. The van der Waals surface area contributed by atoms with Crippen LogP contribution in [0.3, 0.4) is 0 Å². The lowest BCUT2D eigenvalue weighted by Gasteiger charge is -2.33. The van der Waals surface area contributed by atoms with Crippen LogP contribution in [0.25, 0.3) is 0 Å². The Morgan fingerprint density at radius 1 is 1.32 bits per heavy atom. The third kappa shape index (κ3) is 4.37. The van der Waals surface area contributed by atoms with E-state index in [1.165, 1.54) is 11.1 Å². The maximum atomic E-state index is 5.96. The Labute approximate surface area is 122 Å². The van der Waals surface area contributed by atoms with Gasteiger partial charge in [-0.05, 0) is 31.9 Å². The summed E-state index contributed by atoms with van der Waals surface area (Å²) in [6, 6.07) is 6.90. The lowest BCUT2D eigenvalue weighted by atomic mass is 10.1. The first-order chi connectivity index (χ1) is 8.68. The van der Waals surface area contributed by atoms with E-state index in [2.05, 4.69) is 49.2 Å². The van der Waals surface area contributed by atoms with Crippen molar-refractivity contribution in [3.8, 4) is 5.75 Å². The molecule has 0 amide bonds. The number of benzene rings is 1. The van der Waals surface area contributed by atoms with E-state index in [1.807, 2.05) is 0 Å². The lowest BCUT2D eigenvalue weighted by molar-refractivity contribution is 0.143. The average molecular weight is 285 g/mol. The first-order valence-electron chi connectivity index (χ1n) is 6.82. The molecule has 0 saturated carbocycles. The van der Waals surface area contributed by atoms with Crippen LogP contribution in [0.1, 0.15) is 18.1 Å². The molecule has 1 saturated heterocycles. The summed E-state index contributed by atoms with van der Waals surface area (Å²) in [4.78, 5) is 2.49. The fourth-order valence-corrected chi connectivity index (χ4v) is 2.51. The quantitative estimate of drug-likeness (QED) is 0.919. The molecule has 1 heterocycles. The van der Waals surface area contributed by atoms with Crippen LogP contribution in [0.2, 0.25) is 0 Å². The molecule has 1 aromatic carbocycles. The number of ether oxygens (including phenoxy) is 1. The maximum Gasteiger partial charge on any atom is 0.125 e. The SMILES string of the molecule is Cc1cccc(C)c1OCCN1CCNC[C@H]1C.Cl. The predicted octanol–water partition coefficient (Wildman–Crippen LogP) is 2.40. The van der Waals surface area contributed by atoms with Crippen molar-refractivity contribution in [1.82, 2.24) is 10.2 Å². The van der Waals surface area contributed by atoms with E-state index in [0.717, 1.165) is 38.5 Å². The van der Waals surface area contributed by atoms with E-state index < -0.39 is 0 Å². The molecule has 1 fully saturated rings. The molecule has 1 atom stereocenters. The summed E-state index contributed by atoms with van der Waals surface area (Å²) in [5.74, 6) is 1.06. The van der Waals surface area contributed by atoms with Crippen molar-refractivity contribution < 1.29 is 4.74 Å². The Kier molecular flexibility index (Phi) is 6.63. The van der Waals surface area contributed by atoms with E-state index in [9.17, 15) is 0 Å². The number of para-hydroxylation sites is 1. The maximum absolute atomic E-state index is 5.96. The van der Waals surface area contributed by atoms with Gasteiger partial charge in [0, 0.05) is 32.2 Å². The van der Waals surface area contributed by atoms with Gasteiger partial charge in [0.15, 0.2) is 0 Å². The van der Waals surface area contributed by atoms with Crippen molar-refractivity contribution in [1.29, 1.82) is 0 Å². The number of halogens is 1. The smallest absolute Gasteiger partial charge is 0.125 e. The summed E-state index contributed by atoms with van der Waals surface area (Å²) in [5, 5.41) is 3.41. The van der Waals surface area contributed by atoms with Gasteiger partial charge in [-0.2, -0.15) is 0 Å². The van der Waals surface area contributed by atoms with Crippen LogP contribution < -0.4 is 10.1 Å². The third-order valence-corrected chi connectivity index (χ3v) is 3.67. The highest BCUT2D eigenvalue weighted by molar-refractivity contribution is 5.85. The molecule has 4 heteroatoms. The number of piperazine rings is 1. The predicted molar refractivity (Wildman–Crippen MR) is 82.6 cm³/mol. The number of hydrogen-bond acceptors (Lipinski definition) is 3. The van der Waals surface area contributed by atoms with Crippen LogP contribution in [0.4, 0.5) is 0 Å². The second kappa shape index (κ2) is 7.73. The van der Waals surface area contributed by atoms with Crippen LogP contribution in [0.5, 0.6) is 5.75 Å². The van der Waals surface area contributed by atoms with Crippen LogP contribution in [-0.2, 0) is 0 Å². The molecule has 0 radical (unpaired) electrons. The van der Waals surface area contributed by atoms with Gasteiger partial charge in [-0.1, -0.05) is 18.2 Å². The van der Waals surface area contributed by atoms with Gasteiger partial charge in [-0.3, -0.25) is 4.90 Å². The average Bonchev–Trinajstić information content (AvgIpc) is 2.35. The fraction of sp³-hybridized carbons (Fsp3) is 0.600. The van der Waals surface area contributed by atoms with Crippen LogP contribution in [0.15, 0.2) is 18.2 Å². The van der Waals surface area contributed by atoms with E-state index in [4.69, 9.17) is 4.74 Å². The van der Waals surface area contributed by atoms with Gasteiger partial charge >= 0.3 is 0 Å². The van der Waals surface area contributed by atoms with Crippen LogP contribution in [0, 0.1) is 13.8 Å². The fourth-order valence-electron chi connectivity index (χ4n) is 2.51. The Morgan fingerprint density at radius 2 is 2.00 bits per heavy atom. The molecule has 2 rings (SSSR count). The molecule has 1 aromatic rings. The molecule has 0 spiro atoms. The first-order valence-corrected chi connectivity index (χ1v) is 6.82. The van der Waals surface area contributed by atoms with E-state index in [-0.39, 0.29) is 12.4 Å². The number of rotatable bonds is 4. The molecule has 1 N–H and O–H groups in total. The number of nitrogens with one attached hydrogen (secondary N) is 1. The van der Waals surface area contributed by atoms with Crippen molar-refractivity contribution in [2.75, 3.05) is 32.8 Å². The molecule has 1 aliphatic rings. The largest absolute Gasteiger partial charge is 0.492 e. The molecule has 19 heavy (non-hydrogen) atoms. The van der Waals surface area contributed by atoms with E-state index in [0.29, 0.717) is 6.04 Å². The Hall–Kier alpha value is -0.770. The van der Waals surface area contributed by atoms with Gasteiger partial charge in [0.2, 0.25) is 0 Å². The highest BCUT2D eigenvalue weighted by atomic mass is 35.5. The summed E-state index contributed by atoms with van der Waals surface area (Å²) in [7, 11) is 0. The van der Waals surface area contributed by atoms with E-state index >= 15 is 0 Å². The Balaban J connectivity index is 0.00000180. The topological polar surface area (TPSA) is 24.5 Å². The minimum atomic E-state index is 0. The monoisotopic (exact) mass is 284 g/mol. The summed E-state index contributed by atoms with van der Waals surface area (Å²) >= 11 is 0. The minimum Gasteiger partial charge on any atom is -0.492 e. The molecular weight excluding hydrogens is 260 g/mol. The number of aryl methyl sites for hydroxylation is 2. The second-order valence-electron chi connectivity index (χ2n) is 5.16. The number of hydrogen-bond donors (Lipinski definition) is 1. The molecule has 3 nitrogen and oxygen atoms in total. The van der Waals surface area contributed by atoms with Gasteiger partial charge in [0.25, 0.3) is 0 Å². The van der Waals surface area contributed by atoms with Gasteiger partial charge < -0.3 is 10.1 Å². The number of nitrogens with zero attached hydrogens (tertiary/aromatic N) is 1. The van der Waals surface area contributed by atoms with Crippen molar-refractivity contribution >= 4 is 12.4 Å². The summed E-state index contributed by atoms with van der Waals surface area (Å²) in [6.45, 7) is 11.6. The zero-order valence-corrected chi connectivity index (χ0v) is 12.9. The van der Waals surface area contributed by atoms with Gasteiger partial charge in [-0.25, -0.2) is 0 Å². The van der Waals surface area contributed by atoms with Gasteiger partial charge in [-0.15, -0.1) is 12.4 Å². The molecule has 0 bridgehead atoms. The molecule has 0 aromatic heterocycles. The zero-order chi connectivity index (χ0) is 13.0. The van der Waals surface area contributed by atoms with Crippen molar-refractivity contribution in [3.05, 3.63) is 29.3 Å².